The van der Waals surface area contributed by atoms with Crippen LogP contribution in [-0.4, -0.2) is 40.5 Å². The van der Waals surface area contributed by atoms with Crippen LogP contribution >= 0.6 is 0 Å². The van der Waals surface area contributed by atoms with Crippen LogP contribution in [0.5, 0.6) is 5.75 Å². The van der Waals surface area contributed by atoms with Crippen LogP contribution in [0.4, 0.5) is 0 Å². The van der Waals surface area contributed by atoms with Crippen LogP contribution < -0.4 is 4.74 Å². The van der Waals surface area contributed by atoms with Crippen LogP contribution in [0.3, 0.4) is 0 Å². The van der Waals surface area contributed by atoms with Gasteiger partial charge in [0, 0.05) is 19.0 Å². The van der Waals surface area contributed by atoms with Crippen molar-refractivity contribution in [2.45, 2.75) is 39.0 Å². The third kappa shape index (κ3) is 4.19. The van der Waals surface area contributed by atoms with Crippen molar-refractivity contribution >= 4 is 16.9 Å². The zero-order chi connectivity index (χ0) is 19.5. The van der Waals surface area contributed by atoms with Gasteiger partial charge in [0.25, 0.3) is 0 Å². The quantitative estimate of drug-likeness (QED) is 0.719. The minimum atomic E-state index is 0.172. The van der Waals surface area contributed by atoms with Crippen molar-refractivity contribution in [3.05, 3.63) is 59.4 Å². The molecule has 3 aromatic rings. The summed E-state index contributed by atoms with van der Waals surface area (Å²) in [7, 11) is 0. The predicted molar refractivity (Wildman–Crippen MR) is 111 cm³/mol. The van der Waals surface area contributed by atoms with Gasteiger partial charge in [-0.15, -0.1) is 0 Å². The Kier molecular flexibility index (Phi) is 5.33. The summed E-state index contributed by atoms with van der Waals surface area (Å²) in [4.78, 5) is 22.7. The van der Waals surface area contributed by atoms with Gasteiger partial charge in [0.05, 0.1) is 24.1 Å². The van der Waals surface area contributed by atoms with Crippen LogP contribution in [0.25, 0.3) is 11.0 Å². The number of carbonyl (C=O) groups excluding carboxylic acids is 1. The molecule has 5 heteroatoms. The fourth-order valence-electron chi connectivity index (χ4n) is 3.79. The Balaban J connectivity index is 1.27. The van der Waals surface area contributed by atoms with Crippen molar-refractivity contribution in [2.24, 2.45) is 0 Å². The number of ether oxygens (including phenoxy) is 1. The Bertz CT molecular complexity index is 954. The predicted octanol–water partition coefficient (Wildman–Crippen LogP) is 4.35. The maximum absolute atomic E-state index is 12.5. The van der Waals surface area contributed by atoms with E-state index in [0.29, 0.717) is 18.9 Å². The Morgan fingerprint density at radius 3 is 2.57 bits per heavy atom. The molecule has 28 heavy (non-hydrogen) atoms. The Morgan fingerprint density at radius 1 is 1.11 bits per heavy atom. The average Bonchev–Trinajstić information content (AvgIpc) is 3.12. The molecule has 0 spiro atoms. The fourth-order valence-corrected chi connectivity index (χ4v) is 3.79. The lowest BCUT2D eigenvalue weighted by Gasteiger charge is -2.31. The van der Waals surface area contributed by atoms with Gasteiger partial charge < -0.3 is 14.6 Å². The van der Waals surface area contributed by atoms with Gasteiger partial charge in [-0.25, -0.2) is 4.98 Å². The summed E-state index contributed by atoms with van der Waals surface area (Å²) in [6, 6.07) is 14.2. The zero-order valence-corrected chi connectivity index (χ0v) is 16.6. The molecule has 0 aliphatic carbocycles. The molecular formula is C23H27N3O2. The number of fused-ring (bicyclic) bond motifs is 1. The molecule has 146 valence electrons. The number of nitrogens with zero attached hydrogens (tertiary/aromatic N) is 2. The molecule has 0 saturated carbocycles. The fraction of sp³-hybridized carbons (Fsp3) is 0.391. The number of nitrogens with one attached hydrogen (secondary N) is 1. The molecule has 0 bridgehead atoms. The third-order valence-corrected chi connectivity index (χ3v) is 5.50. The minimum absolute atomic E-state index is 0.172. The number of imidazole rings is 1. The van der Waals surface area contributed by atoms with Crippen LogP contribution in [-0.2, 0) is 4.79 Å². The van der Waals surface area contributed by atoms with E-state index in [9.17, 15) is 4.79 Å². The molecule has 1 amide bonds. The molecule has 4 rings (SSSR count). The minimum Gasteiger partial charge on any atom is -0.493 e. The maximum Gasteiger partial charge on any atom is 0.225 e. The van der Waals surface area contributed by atoms with E-state index in [1.54, 1.807) is 0 Å². The molecule has 2 aromatic carbocycles. The van der Waals surface area contributed by atoms with Crippen LogP contribution in [0.1, 0.15) is 42.1 Å². The molecule has 0 unspecified atom stereocenters. The monoisotopic (exact) mass is 377 g/mol. The van der Waals surface area contributed by atoms with Crippen molar-refractivity contribution < 1.29 is 9.53 Å². The highest BCUT2D eigenvalue weighted by Crippen LogP contribution is 2.28. The van der Waals surface area contributed by atoms with Crippen molar-refractivity contribution in [1.29, 1.82) is 0 Å². The van der Waals surface area contributed by atoms with E-state index >= 15 is 0 Å². The molecule has 1 aliphatic heterocycles. The van der Waals surface area contributed by atoms with E-state index in [-0.39, 0.29) is 5.91 Å². The Morgan fingerprint density at radius 2 is 1.82 bits per heavy atom. The number of hydrogen-bond acceptors (Lipinski definition) is 3. The zero-order valence-electron chi connectivity index (χ0n) is 16.6. The number of amides is 1. The van der Waals surface area contributed by atoms with Gasteiger partial charge >= 0.3 is 0 Å². The maximum atomic E-state index is 12.5. The van der Waals surface area contributed by atoms with Crippen molar-refractivity contribution in [1.82, 2.24) is 14.9 Å². The van der Waals surface area contributed by atoms with Gasteiger partial charge in [0.15, 0.2) is 0 Å². The average molecular weight is 377 g/mol. The summed E-state index contributed by atoms with van der Waals surface area (Å²) in [5.74, 6) is 2.43. The highest BCUT2D eigenvalue weighted by Gasteiger charge is 2.25. The third-order valence-electron chi connectivity index (χ3n) is 5.50. The topological polar surface area (TPSA) is 58.2 Å². The Hall–Kier alpha value is -2.82. The van der Waals surface area contributed by atoms with E-state index in [4.69, 9.17) is 9.72 Å². The van der Waals surface area contributed by atoms with Gasteiger partial charge in [-0.2, -0.15) is 0 Å². The number of likely N-dealkylation sites (tertiary alicyclic amines) is 1. The number of H-pyrrole nitrogens is 1. The smallest absolute Gasteiger partial charge is 0.225 e. The number of carbonyl (C=O) groups is 1. The number of benzene rings is 2. The van der Waals surface area contributed by atoms with Gasteiger partial charge in [-0.1, -0.05) is 23.8 Å². The van der Waals surface area contributed by atoms with Crippen molar-refractivity contribution in [3.8, 4) is 5.75 Å². The van der Waals surface area contributed by atoms with E-state index in [0.717, 1.165) is 48.5 Å². The molecule has 2 heterocycles. The highest BCUT2D eigenvalue weighted by molar-refractivity contribution is 5.77. The molecule has 1 N–H and O–H groups in total. The summed E-state index contributed by atoms with van der Waals surface area (Å²) >= 11 is 0. The van der Waals surface area contributed by atoms with Gasteiger partial charge in [-0.05, 0) is 56.5 Å². The van der Waals surface area contributed by atoms with E-state index in [1.807, 2.05) is 36.1 Å². The first-order valence-electron chi connectivity index (χ1n) is 10.0. The van der Waals surface area contributed by atoms with Crippen molar-refractivity contribution in [3.63, 3.8) is 0 Å². The molecule has 5 nitrogen and oxygen atoms in total. The number of piperidine rings is 1. The van der Waals surface area contributed by atoms with Gasteiger partial charge in [-0.3, -0.25) is 4.79 Å². The molecule has 1 aliphatic rings. The molecule has 1 fully saturated rings. The number of aromatic amines is 1. The second kappa shape index (κ2) is 8.05. The standard InChI is InChI=1S/C23H27N3O2/c1-16-3-6-19(7-4-16)28-14-11-22(27)26-12-9-18(10-13-26)23-24-20-8-5-17(2)15-21(20)25-23/h3-8,15,18H,9-14H2,1-2H3,(H,24,25). The second-order valence-corrected chi connectivity index (χ2v) is 7.71. The first-order valence-corrected chi connectivity index (χ1v) is 10.0. The number of aromatic nitrogens is 2. The van der Waals surface area contributed by atoms with E-state index in [2.05, 4.69) is 30.1 Å². The lowest BCUT2D eigenvalue weighted by molar-refractivity contribution is -0.132. The summed E-state index contributed by atoms with van der Waals surface area (Å²) in [5, 5.41) is 0. The largest absolute Gasteiger partial charge is 0.493 e. The Labute approximate surface area is 165 Å². The first kappa shape index (κ1) is 18.5. The number of rotatable bonds is 5. The molecule has 0 atom stereocenters. The van der Waals surface area contributed by atoms with Gasteiger partial charge in [0.1, 0.15) is 11.6 Å². The van der Waals surface area contributed by atoms with E-state index < -0.39 is 0 Å². The first-order chi connectivity index (χ1) is 13.6. The van der Waals surface area contributed by atoms with Crippen LogP contribution in [0, 0.1) is 13.8 Å². The normalized spacial score (nSPS) is 15.1. The lowest BCUT2D eigenvalue weighted by atomic mass is 9.96. The SMILES string of the molecule is Cc1ccc(OCCC(=O)N2CCC(c3nc4ccc(C)cc4[nH]3)CC2)cc1. The molecular weight excluding hydrogens is 350 g/mol. The lowest BCUT2D eigenvalue weighted by Crippen LogP contribution is -2.38. The van der Waals surface area contributed by atoms with Crippen molar-refractivity contribution in [2.75, 3.05) is 19.7 Å². The summed E-state index contributed by atoms with van der Waals surface area (Å²) in [6.45, 7) is 6.12. The van der Waals surface area contributed by atoms with Gasteiger partial charge in [0.2, 0.25) is 5.91 Å². The van der Waals surface area contributed by atoms with E-state index in [1.165, 1.54) is 11.1 Å². The summed E-state index contributed by atoms with van der Waals surface area (Å²) in [6.07, 6.45) is 2.31. The van der Waals surface area contributed by atoms with Crippen LogP contribution in [0.2, 0.25) is 0 Å². The molecule has 1 aromatic heterocycles. The summed E-state index contributed by atoms with van der Waals surface area (Å²) < 4.78 is 5.69. The second-order valence-electron chi connectivity index (χ2n) is 7.71. The molecule has 0 radical (unpaired) electrons. The molecule has 1 saturated heterocycles. The highest BCUT2D eigenvalue weighted by atomic mass is 16.5. The van der Waals surface area contributed by atoms with Crippen LogP contribution in [0.15, 0.2) is 42.5 Å². The number of hydrogen-bond donors (Lipinski definition) is 1. The number of aryl methyl sites for hydroxylation is 2. The summed E-state index contributed by atoms with van der Waals surface area (Å²) in [5.41, 5.74) is 4.55.